The second-order valence-corrected chi connectivity index (χ2v) is 6.54. The molecule has 0 bridgehead atoms. The Morgan fingerprint density at radius 3 is 2.60 bits per heavy atom. The molecule has 5 nitrogen and oxygen atoms in total. The molecule has 1 unspecified atom stereocenters. The summed E-state index contributed by atoms with van der Waals surface area (Å²) in [4.78, 5) is 0. The van der Waals surface area contributed by atoms with Gasteiger partial charge in [0.15, 0.2) is 11.5 Å². The predicted octanol–water partition coefficient (Wildman–Crippen LogP) is 2.38. The summed E-state index contributed by atoms with van der Waals surface area (Å²) in [5.41, 5.74) is 7.80. The first-order valence-electron chi connectivity index (χ1n) is 7.30. The number of hydrogen-bond acceptors (Lipinski definition) is 4. The van der Waals surface area contributed by atoms with Crippen molar-refractivity contribution in [1.82, 2.24) is 19.8 Å². The summed E-state index contributed by atoms with van der Waals surface area (Å²) in [5.74, 6) is 1.53. The van der Waals surface area contributed by atoms with E-state index < -0.39 is 0 Å². The van der Waals surface area contributed by atoms with Crippen molar-refractivity contribution in [2.45, 2.75) is 47.0 Å². The highest BCUT2D eigenvalue weighted by molar-refractivity contribution is 5.35. The van der Waals surface area contributed by atoms with E-state index in [1.54, 1.807) is 0 Å². The van der Waals surface area contributed by atoms with Crippen LogP contribution in [0.15, 0.2) is 12.1 Å². The van der Waals surface area contributed by atoms with Gasteiger partial charge >= 0.3 is 0 Å². The van der Waals surface area contributed by atoms with Crippen molar-refractivity contribution < 1.29 is 0 Å². The van der Waals surface area contributed by atoms with Crippen LogP contribution in [0.4, 0.5) is 0 Å². The molecule has 0 aliphatic carbocycles. The Hall–Kier alpha value is -1.49. The summed E-state index contributed by atoms with van der Waals surface area (Å²) in [6.07, 6.45) is 3.00. The van der Waals surface area contributed by atoms with Crippen LogP contribution >= 0.6 is 0 Å². The zero-order valence-electron chi connectivity index (χ0n) is 12.9. The number of aromatic nitrogens is 4. The van der Waals surface area contributed by atoms with Crippen LogP contribution in [0, 0.1) is 18.3 Å². The molecular weight excluding hydrogens is 250 g/mol. The first-order chi connectivity index (χ1) is 9.41. The molecule has 1 atom stereocenters. The fourth-order valence-corrected chi connectivity index (χ4v) is 2.60. The fraction of sp³-hybridized carbons (Fsp3) is 0.667. The molecule has 0 aliphatic heterocycles. The maximum atomic E-state index is 5.74. The van der Waals surface area contributed by atoms with Gasteiger partial charge in [0.2, 0.25) is 0 Å². The summed E-state index contributed by atoms with van der Waals surface area (Å²) in [6, 6.07) is 3.92. The molecule has 2 heterocycles. The van der Waals surface area contributed by atoms with Crippen LogP contribution in [0.5, 0.6) is 0 Å². The van der Waals surface area contributed by atoms with Gasteiger partial charge in [-0.2, -0.15) is 9.61 Å². The quantitative estimate of drug-likeness (QED) is 0.909. The van der Waals surface area contributed by atoms with Crippen molar-refractivity contribution in [3.8, 4) is 0 Å². The number of fused-ring (bicyclic) bond motifs is 1. The van der Waals surface area contributed by atoms with Crippen LogP contribution in [0.3, 0.4) is 0 Å². The number of nitrogens with zero attached hydrogens (tertiary/aromatic N) is 4. The summed E-state index contributed by atoms with van der Waals surface area (Å²) in [5, 5.41) is 12.9. The summed E-state index contributed by atoms with van der Waals surface area (Å²) in [7, 11) is 0. The monoisotopic (exact) mass is 275 g/mol. The highest BCUT2D eigenvalue weighted by Gasteiger charge is 2.24. The average molecular weight is 275 g/mol. The number of rotatable bonds is 5. The maximum Gasteiger partial charge on any atom is 0.177 e. The lowest BCUT2D eigenvalue weighted by molar-refractivity contribution is 0.213. The molecule has 0 saturated heterocycles. The molecule has 2 N–H and O–H groups in total. The van der Waals surface area contributed by atoms with Crippen LogP contribution in [0.1, 0.15) is 45.1 Å². The van der Waals surface area contributed by atoms with Gasteiger partial charge in [0.05, 0.1) is 5.69 Å². The van der Waals surface area contributed by atoms with E-state index in [2.05, 4.69) is 36.1 Å². The van der Waals surface area contributed by atoms with Gasteiger partial charge in [0, 0.05) is 6.42 Å². The van der Waals surface area contributed by atoms with E-state index in [0.717, 1.165) is 43.0 Å². The van der Waals surface area contributed by atoms with Gasteiger partial charge in [-0.05, 0) is 49.8 Å². The molecule has 0 aliphatic rings. The van der Waals surface area contributed by atoms with E-state index >= 15 is 0 Å². The normalized spacial score (nSPS) is 13.8. The third-order valence-electron chi connectivity index (χ3n) is 3.92. The molecule has 110 valence electrons. The molecule has 0 aromatic carbocycles. The van der Waals surface area contributed by atoms with Crippen LogP contribution in [-0.4, -0.2) is 26.4 Å². The topological polar surface area (TPSA) is 69.1 Å². The predicted molar refractivity (Wildman–Crippen MR) is 80.5 cm³/mol. The van der Waals surface area contributed by atoms with E-state index in [0.29, 0.717) is 5.92 Å². The standard InChI is InChI=1S/C15H25N5/c1-11-5-7-13-17-18-14(20(13)19-11)8-6-12(9-10-16)15(2,3)4/h5,7,12H,6,8-10,16H2,1-4H3. The van der Waals surface area contributed by atoms with Crippen molar-refractivity contribution in [3.05, 3.63) is 23.7 Å². The summed E-state index contributed by atoms with van der Waals surface area (Å²) >= 11 is 0. The second-order valence-electron chi connectivity index (χ2n) is 6.54. The number of hydrogen-bond donors (Lipinski definition) is 1. The minimum Gasteiger partial charge on any atom is -0.330 e. The lowest BCUT2D eigenvalue weighted by Gasteiger charge is -2.30. The smallest absolute Gasteiger partial charge is 0.177 e. The number of aryl methyl sites for hydroxylation is 2. The summed E-state index contributed by atoms with van der Waals surface area (Å²) < 4.78 is 1.86. The Balaban J connectivity index is 2.13. The van der Waals surface area contributed by atoms with Crippen LogP contribution in [0.25, 0.3) is 5.65 Å². The minimum absolute atomic E-state index is 0.267. The molecular formula is C15H25N5. The Bertz CT molecular complexity index is 567. The fourth-order valence-electron chi connectivity index (χ4n) is 2.60. The third-order valence-corrected chi connectivity index (χ3v) is 3.92. The van der Waals surface area contributed by atoms with Gasteiger partial charge in [-0.3, -0.25) is 0 Å². The zero-order valence-corrected chi connectivity index (χ0v) is 12.9. The van der Waals surface area contributed by atoms with Crippen molar-refractivity contribution in [2.75, 3.05) is 6.54 Å². The van der Waals surface area contributed by atoms with E-state index in [1.807, 2.05) is 23.6 Å². The molecule has 2 aromatic rings. The molecule has 5 heteroatoms. The minimum atomic E-state index is 0.267. The van der Waals surface area contributed by atoms with Crippen LogP contribution in [-0.2, 0) is 6.42 Å². The SMILES string of the molecule is Cc1ccc2nnc(CCC(CCN)C(C)(C)C)n2n1. The van der Waals surface area contributed by atoms with Gasteiger partial charge in [0.25, 0.3) is 0 Å². The first-order valence-corrected chi connectivity index (χ1v) is 7.30. The highest BCUT2D eigenvalue weighted by atomic mass is 15.4. The third kappa shape index (κ3) is 3.33. The molecule has 20 heavy (non-hydrogen) atoms. The molecule has 0 amide bonds. The zero-order chi connectivity index (χ0) is 14.8. The second kappa shape index (κ2) is 5.87. The van der Waals surface area contributed by atoms with E-state index in [9.17, 15) is 0 Å². The van der Waals surface area contributed by atoms with Crippen LogP contribution in [0.2, 0.25) is 0 Å². The molecule has 2 aromatic heterocycles. The maximum absolute atomic E-state index is 5.74. The van der Waals surface area contributed by atoms with Crippen molar-refractivity contribution in [2.24, 2.45) is 17.1 Å². The average Bonchev–Trinajstić information content (AvgIpc) is 2.75. The van der Waals surface area contributed by atoms with E-state index in [4.69, 9.17) is 5.73 Å². The number of nitrogens with two attached hydrogens (primary N) is 1. The molecule has 2 rings (SSSR count). The first kappa shape index (κ1) is 14.9. The molecule has 0 saturated carbocycles. The Morgan fingerprint density at radius 2 is 1.95 bits per heavy atom. The van der Waals surface area contributed by atoms with E-state index in [1.165, 1.54) is 0 Å². The van der Waals surface area contributed by atoms with Gasteiger partial charge in [0.1, 0.15) is 0 Å². The molecule has 0 radical (unpaired) electrons. The van der Waals surface area contributed by atoms with Crippen molar-refractivity contribution >= 4 is 5.65 Å². The lowest BCUT2D eigenvalue weighted by atomic mass is 9.76. The van der Waals surface area contributed by atoms with Gasteiger partial charge < -0.3 is 5.73 Å². The Morgan fingerprint density at radius 1 is 1.20 bits per heavy atom. The van der Waals surface area contributed by atoms with Crippen LogP contribution < -0.4 is 5.73 Å². The Kier molecular flexibility index (Phi) is 4.38. The largest absolute Gasteiger partial charge is 0.330 e. The molecule has 0 fully saturated rings. The van der Waals surface area contributed by atoms with Gasteiger partial charge in [-0.15, -0.1) is 10.2 Å². The van der Waals surface area contributed by atoms with Crippen molar-refractivity contribution in [3.63, 3.8) is 0 Å². The highest BCUT2D eigenvalue weighted by Crippen LogP contribution is 2.31. The summed E-state index contributed by atoms with van der Waals surface area (Å²) in [6.45, 7) is 9.54. The molecule has 0 spiro atoms. The van der Waals surface area contributed by atoms with Gasteiger partial charge in [-0.1, -0.05) is 20.8 Å². The van der Waals surface area contributed by atoms with Gasteiger partial charge in [-0.25, -0.2) is 0 Å². The van der Waals surface area contributed by atoms with Crippen molar-refractivity contribution in [1.29, 1.82) is 0 Å². The Labute approximate surface area is 120 Å². The van der Waals surface area contributed by atoms with E-state index in [-0.39, 0.29) is 5.41 Å². The lowest BCUT2D eigenvalue weighted by Crippen LogP contribution is -2.24.